The van der Waals surface area contributed by atoms with Crippen LogP contribution in [0.3, 0.4) is 0 Å². The zero-order valence-electron chi connectivity index (χ0n) is 8.69. The number of thioether (sulfide) groups is 1. The van der Waals surface area contributed by atoms with Gasteiger partial charge in [-0.1, -0.05) is 24.3 Å². The average molecular weight is 233 g/mol. The van der Waals surface area contributed by atoms with Gasteiger partial charge in [-0.25, -0.2) is 4.39 Å². The predicted octanol–water partition coefficient (Wildman–Crippen LogP) is 3.70. The van der Waals surface area contributed by atoms with Crippen LogP contribution >= 0.6 is 11.8 Å². The summed E-state index contributed by atoms with van der Waals surface area (Å²) in [5.41, 5.74) is 7.48. The van der Waals surface area contributed by atoms with Gasteiger partial charge in [0.2, 0.25) is 0 Å². The van der Waals surface area contributed by atoms with Crippen molar-refractivity contribution in [2.45, 2.75) is 10.6 Å². The van der Waals surface area contributed by atoms with Crippen molar-refractivity contribution in [1.82, 2.24) is 0 Å². The number of nitrogens with two attached hydrogens (primary N) is 1. The number of benzene rings is 2. The van der Waals surface area contributed by atoms with Gasteiger partial charge in [-0.05, 0) is 29.8 Å². The van der Waals surface area contributed by atoms with Gasteiger partial charge in [-0.3, -0.25) is 0 Å². The zero-order chi connectivity index (χ0) is 11.4. The van der Waals surface area contributed by atoms with Crippen molar-refractivity contribution in [2.75, 3.05) is 5.73 Å². The fourth-order valence-corrected chi connectivity index (χ4v) is 2.23. The molecule has 2 aromatic rings. The zero-order valence-corrected chi connectivity index (χ0v) is 9.51. The molecule has 16 heavy (non-hydrogen) atoms. The molecule has 0 aliphatic heterocycles. The standard InChI is InChI=1S/C13H12FNS/c14-12-3-1-2-4-13(12)16-9-10-5-7-11(15)8-6-10/h1-8H,9,15H2. The van der Waals surface area contributed by atoms with E-state index in [0.717, 1.165) is 17.0 Å². The van der Waals surface area contributed by atoms with Crippen LogP contribution in [-0.2, 0) is 5.75 Å². The van der Waals surface area contributed by atoms with E-state index in [2.05, 4.69) is 0 Å². The van der Waals surface area contributed by atoms with Crippen LogP contribution in [0.4, 0.5) is 10.1 Å². The van der Waals surface area contributed by atoms with Crippen molar-refractivity contribution in [1.29, 1.82) is 0 Å². The molecule has 0 heterocycles. The number of halogens is 1. The van der Waals surface area contributed by atoms with Gasteiger partial charge in [0.15, 0.2) is 0 Å². The molecule has 0 atom stereocenters. The largest absolute Gasteiger partial charge is 0.399 e. The average Bonchev–Trinajstić information content (AvgIpc) is 2.30. The Bertz CT molecular complexity index is 468. The molecule has 82 valence electrons. The summed E-state index contributed by atoms with van der Waals surface area (Å²) < 4.78 is 13.3. The molecule has 0 aliphatic carbocycles. The molecule has 3 heteroatoms. The first kappa shape index (κ1) is 11.0. The summed E-state index contributed by atoms with van der Waals surface area (Å²) in [7, 11) is 0. The third kappa shape index (κ3) is 2.76. The maximum atomic E-state index is 13.3. The fraction of sp³-hybridized carbons (Fsp3) is 0.0769. The van der Waals surface area contributed by atoms with Crippen molar-refractivity contribution in [3.05, 3.63) is 59.9 Å². The van der Waals surface area contributed by atoms with E-state index in [1.165, 1.54) is 17.8 Å². The van der Waals surface area contributed by atoms with E-state index in [0.29, 0.717) is 4.90 Å². The smallest absolute Gasteiger partial charge is 0.136 e. The van der Waals surface area contributed by atoms with Crippen LogP contribution in [0.25, 0.3) is 0 Å². The Balaban J connectivity index is 2.02. The van der Waals surface area contributed by atoms with Crippen molar-refractivity contribution >= 4 is 17.4 Å². The molecule has 2 aromatic carbocycles. The Hall–Kier alpha value is -1.48. The molecule has 2 N–H and O–H groups in total. The van der Waals surface area contributed by atoms with Crippen LogP contribution < -0.4 is 5.73 Å². The van der Waals surface area contributed by atoms with Crippen LogP contribution in [0.2, 0.25) is 0 Å². The van der Waals surface area contributed by atoms with Crippen LogP contribution in [0.15, 0.2) is 53.4 Å². The van der Waals surface area contributed by atoms with Gasteiger partial charge >= 0.3 is 0 Å². The third-order valence-electron chi connectivity index (χ3n) is 2.21. The van der Waals surface area contributed by atoms with Crippen molar-refractivity contribution in [3.63, 3.8) is 0 Å². The number of hydrogen-bond acceptors (Lipinski definition) is 2. The molecular weight excluding hydrogens is 221 g/mol. The summed E-state index contributed by atoms with van der Waals surface area (Å²) in [6.45, 7) is 0. The van der Waals surface area contributed by atoms with E-state index in [4.69, 9.17) is 5.73 Å². The van der Waals surface area contributed by atoms with E-state index in [-0.39, 0.29) is 5.82 Å². The first-order valence-electron chi connectivity index (χ1n) is 4.97. The summed E-state index contributed by atoms with van der Waals surface area (Å²) >= 11 is 1.49. The Morgan fingerprint density at radius 1 is 1.00 bits per heavy atom. The Morgan fingerprint density at radius 3 is 2.38 bits per heavy atom. The highest BCUT2D eigenvalue weighted by Crippen LogP contribution is 2.25. The van der Waals surface area contributed by atoms with Crippen molar-refractivity contribution in [2.24, 2.45) is 0 Å². The monoisotopic (exact) mass is 233 g/mol. The van der Waals surface area contributed by atoms with Crippen molar-refractivity contribution < 1.29 is 4.39 Å². The third-order valence-corrected chi connectivity index (χ3v) is 3.33. The molecular formula is C13H12FNS. The molecule has 0 amide bonds. The lowest BCUT2D eigenvalue weighted by Crippen LogP contribution is -1.86. The molecule has 0 bridgehead atoms. The SMILES string of the molecule is Nc1ccc(CSc2ccccc2F)cc1. The van der Waals surface area contributed by atoms with Gasteiger partial charge in [-0.15, -0.1) is 11.8 Å². The molecule has 0 aliphatic rings. The summed E-state index contributed by atoms with van der Waals surface area (Å²) in [6, 6.07) is 14.4. The lowest BCUT2D eigenvalue weighted by Gasteiger charge is -2.03. The summed E-state index contributed by atoms with van der Waals surface area (Å²) in [6.07, 6.45) is 0. The maximum Gasteiger partial charge on any atom is 0.136 e. The lowest BCUT2D eigenvalue weighted by atomic mass is 10.2. The van der Waals surface area contributed by atoms with Gasteiger partial charge in [-0.2, -0.15) is 0 Å². The predicted molar refractivity (Wildman–Crippen MR) is 66.8 cm³/mol. The quantitative estimate of drug-likeness (QED) is 0.646. The first-order chi connectivity index (χ1) is 7.75. The van der Waals surface area contributed by atoms with E-state index in [1.54, 1.807) is 12.1 Å². The second kappa shape index (κ2) is 5.03. The van der Waals surface area contributed by atoms with Gasteiger partial charge in [0, 0.05) is 16.3 Å². The van der Waals surface area contributed by atoms with E-state index in [1.807, 2.05) is 30.3 Å². The maximum absolute atomic E-state index is 13.3. The molecule has 0 saturated heterocycles. The number of anilines is 1. The van der Waals surface area contributed by atoms with Gasteiger partial charge in [0.1, 0.15) is 5.82 Å². The molecule has 1 nitrogen and oxygen atoms in total. The highest BCUT2D eigenvalue weighted by molar-refractivity contribution is 7.98. The second-order valence-corrected chi connectivity index (χ2v) is 4.48. The normalized spacial score (nSPS) is 10.3. The minimum absolute atomic E-state index is 0.164. The van der Waals surface area contributed by atoms with E-state index < -0.39 is 0 Å². The number of rotatable bonds is 3. The minimum Gasteiger partial charge on any atom is -0.399 e. The van der Waals surface area contributed by atoms with E-state index in [9.17, 15) is 4.39 Å². The van der Waals surface area contributed by atoms with Crippen LogP contribution in [0, 0.1) is 5.82 Å². The first-order valence-corrected chi connectivity index (χ1v) is 5.96. The number of nitrogen functional groups attached to an aromatic ring is 1. The lowest BCUT2D eigenvalue weighted by molar-refractivity contribution is 0.602. The molecule has 0 fully saturated rings. The van der Waals surface area contributed by atoms with Gasteiger partial charge in [0.25, 0.3) is 0 Å². The molecule has 0 aromatic heterocycles. The van der Waals surface area contributed by atoms with Crippen molar-refractivity contribution in [3.8, 4) is 0 Å². The molecule has 2 rings (SSSR count). The van der Waals surface area contributed by atoms with Crippen LogP contribution in [0.5, 0.6) is 0 Å². The minimum atomic E-state index is -0.164. The molecule has 0 unspecified atom stereocenters. The fourth-order valence-electron chi connectivity index (χ4n) is 1.34. The Labute approximate surface area is 98.5 Å². The summed E-state index contributed by atoms with van der Waals surface area (Å²) in [4.78, 5) is 0.680. The molecule has 0 spiro atoms. The summed E-state index contributed by atoms with van der Waals surface area (Å²) in [5.74, 6) is 0.587. The molecule has 0 saturated carbocycles. The van der Waals surface area contributed by atoms with Gasteiger partial charge < -0.3 is 5.73 Å². The highest BCUT2D eigenvalue weighted by atomic mass is 32.2. The van der Waals surface area contributed by atoms with Crippen LogP contribution in [0.1, 0.15) is 5.56 Å². The Kier molecular flexibility index (Phi) is 3.47. The Morgan fingerprint density at radius 2 is 1.69 bits per heavy atom. The second-order valence-electron chi connectivity index (χ2n) is 3.46. The number of hydrogen-bond donors (Lipinski definition) is 1. The van der Waals surface area contributed by atoms with Gasteiger partial charge in [0.05, 0.1) is 0 Å². The van der Waals surface area contributed by atoms with Crippen LogP contribution in [-0.4, -0.2) is 0 Å². The molecule has 0 radical (unpaired) electrons. The summed E-state index contributed by atoms with van der Waals surface area (Å²) in [5, 5.41) is 0. The van der Waals surface area contributed by atoms with E-state index >= 15 is 0 Å². The topological polar surface area (TPSA) is 26.0 Å². The highest BCUT2D eigenvalue weighted by Gasteiger charge is 2.01.